The van der Waals surface area contributed by atoms with Crippen LogP contribution < -0.4 is 0 Å². The predicted octanol–water partition coefficient (Wildman–Crippen LogP) is -0.625. The Morgan fingerprint density at radius 2 is 2.29 bits per heavy atom. The van der Waals surface area contributed by atoms with E-state index in [1.807, 2.05) is 0 Å². The summed E-state index contributed by atoms with van der Waals surface area (Å²) in [5, 5.41) is 13.3. The molecule has 0 fully saturated rings. The van der Waals surface area contributed by atoms with Gasteiger partial charge in [0.15, 0.2) is 0 Å². The van der Waals surface area contributed by atoms with E-state index < -0.39 is 0 Å². The second-order valence-electron chi connectivity index (χ2n) is 1.08. The highest BCUT2D eigenvalue weighted by molar-refractivity contribution is 4.78. The maximum Gasteiger partial charge on any atom is 0.140 e. The van der Waals surface area contributed by atoms with Gasteiger partial charge in [0.1, 0.15) is 6.20 Å². The van der Waals surface area contributed by atoms with Crippen LogP contribution in [0.3, 0.4) is 0 Å². The third-order valence-electron chi connectivity index (χ3n) is 0.491. The summed E-state index contributed by atoms with van der Waals surface area (Å²) in [6.45, 7) is 1.75. The number of aryl methyl sites for hydroxylation is 1. The van der Waals surface area contributed by atoms with Crippen LogP contribution in [0.2, 0.25) is 0 Å². The molecule has 0 aliphatic carbocycles. The monoisotopic (exact) mass is 95.0 g/mol. The fourth-order valence-corrected chi connectivity index (χ4v) is 0.224. The minimum absolute atomic E-state index is 0.662. The lowest BCUT2D eigenvalue weighted by Crippen LogP contribution is -1.91. The van der Waals surface area contributed by atoms with Crippen molar-refractivity contribution in [3.8, 4) is 0 Å². The minimum Gasteiger partial charge on any atom is -0.132 e. The molecule has 0 atom stereocenters. The molecule has 35 valence electrons. The number of aromatic nitrogens is 4. The molecule has 0 aromatic carbocycles. The standard InChI is InChI=1S/C3H3N4/c1-3-2-4-6-7-5-3/h1H3. The van der Waals surface area contributed by atoms with Crippen molar-refractivity contribution in [3.05, 3.63) is 11.9 Å². The van der Waals surface area contributed by atoms with Gasteiger partial charge in [0.05, 0.1) is 5.69 Å². The lowest BCUT2D eigenvalue weighted by molar-refractivity contribution is 0.738. The predicted molar refractivity (Wildman–Crippen MR) is 21.2 cm³/mol. The summed E-state index contributed by atoms with van der Waals surface area (Å²) in [6, 6.07) is 0. The van der Waals surface area contributed by atoms with Crippen LogP contribution in [-0.4, -0.2) is 20.6 Å². The maximum atomic E-state index is 3.50. The van der Waals surface area contributed by atoms with Gasteiger partial charge in [-0.25, -0.2) is 0 Å². The molecule has 0 spiro atoms. The number of rotatable bonds is 0. The summed E-state index contributed by atoms with van der Waals surface area (Å²) in [6.07, 6.45) is 2.50. The van der Waals surface area contributed by atoms with Crippen molar-refractivity contribution in [3.63, 3.8) is 0 Å². The van der Waals surface area contributed by atoms with Gasteiger partial charge in [-0.1, -0.05) is 0 Å². The van der Waals surface area contributed by atoms with Crippen molar-refractivity contribution in [2.45, 2.75) is 6.92 Å². The molecule has 1 rings (SSSR count). The van der Waals surface area contributed by atoms with Crippen molar-refractivity contribution in [1.82, 2.24) is 20.6 Å². The lowest BCUT2D eigenvalue weighted by Gasteiger charge is -1.76. The van der Waals surface area contributed by atoms with Crippen LogP contribution in [0.5, 0.6) is 0 Å². The first-order valence-corrected chi connectivity index (χ1v) is 1.80. The fraction of sp³-hybridized carbons (Fsp3) is 0.333. The quantitative estimate of drug-likeness (QED) is 0.430. The average Bonchev–Trinajstić information content (AvgIpc) is 1.69. The molecule has 7 heavy (non-hydrogen) atoms. The van der Waals surface area contributed by atoms with Crippen LogP contribution >= 0.6 is 0 Å². The third kappa shape index (κ3) is 0.887. The molecule has 0 unspecified atom stereocenters. The molecule has 0 saturated carbocycles. The van der Waals surface area contributed by atoms with Gasteiger partial charge in [0, 0.05) is 0 Å². The Hall–Kier alpha value is -1.06. The van der Waals surface area contributed by atoms with Crippen LogP contribution in [0.15, 0.2) is 0 Å². The van der Waals surface area contributed by atoms with Crippen LogP contribution in [-0.2, 0) is 0 Å². The summed E-state index contributed by atoms with van der Waals surface area (Å²) in [7, 11) is 0. The van der Waals surface area contributed by atoms with E-state index in [-0.39, 0.29) is 0 Å². The van der Waals surface area contributed by atoms with Gasteiger partial charge in [0.25, 0.3) is 0 Å². The lowest BCUT2D eigenvalue weighted by atomic mass is 10.6. The smallest absolute Gasteiger partial charge is 0.132 e. The van der Waals surface area contributed by atoms with E-state index in [1.165, 1.54) is 0 Å². The zero-order valence-corrected chi connectivity index (χ0v) is 3.79. The maximum absolute atomic E-state index is 3.50. The van der Waals surface area contributed by atoms with E-state index in [2.05, 4.69) is 26.8 Å². The molecular formula is C3H3N4. The van der Waals surface area contributed by atoms with Gasteiger partial charge in [0.2, 0.25) is 0 Å². The average molecular weight is 95.1 g/mol. The van der Waals surface area contributed by atoms with Crippen molar-refractivity contribution >= 4 is 0 Å². The first-order valence-electron chi connectivity index (χ1n) is 1.80. The van der Waals surface area contributed by atoms with Gasteiger partial charge >= 0.3 is 0 Å². The molecular weight excluding hydrogens is 92.1 g/mol. The van der Waals surface area contributed by atoms with Crippen LogP contribution in [0.25, 0.3) is 0 Å². The molecule has 0 aliphatic heterocycles. The van der Waals surface area contributed by atoms with Gasteiger partial charge in [-0.3, -0.25) is 0 Å². The van der Waals surface area contributed by atoms with Gasteiger partial charge in [-0.2, -0.15) is 0 Å². The SMILES string of the molecule is Cc1[c]nnnn1. The Kier molecular flexibility index (Phi) is 0.934. The number of hydrogen-bond acceptors (Lipinski definition) is 4. The molecule has 0 N–H and O–H groups in total. The zero-order valence-electron chi connectivity index (χ0n) is 3.79. The van der Waals surface area contributed by atoms with Crippen molar-refractivity contribution < 1.29 is 0 Å². The molecule has 4 heteroatoms. The van der Waals surface area contributed by atoms with E-state index in [0.717, 1.165) is 0 Å². The van der Waals surface area contributed by atoms with Crippen LogP contribution in [0.1, 0.15) is 5.69 Å². The van der Waals surface area contributed by atoms with E-state index in [1.54, 1.807) is 6.92 Å². The summed E-state index contributed by atoms with van der Waals surface area (Å²) in [4.78, 5) is 0. The molecule has 1 aromatic heterocycles. The highest BCUT2D eigenvalue weighted by Crippen LogP contribution is 1.73. The Balaban J connectivity index is 3.02. The second kappa shape index (κ2) is 1.59. The summed E-state index contributed by atoms with van der Waals surface area (Å²) >= 11 is 0. The first kappa shape index (κ1) is 4.11. The molecule has 1 heterocycles. The molecule has 1 radical (unpaired) electrons. The molecule has 1 aromatic rings. The molecule has 0 bridgehead atoms. The Morgan fingerprint density at radius 1 is 1.43 bits per heavy atom. The van der Waals surface area contributed by atoms with E-state index in [4.69, 9.17) is 0 Å². The Bertz CT molecular complexity index is 137. The van der Waals surface area contributed by atoms with Gasteiger partial charge in [-0.15, -0.1) is 10.2 Å². The number of hydrogen-bond donors (Lipinski definition) is 0. The second-order valence-corrected chi connectivity index (χ2v) is 1.08. The number of nitrogens with zero attached hydrogens (tertiary/aromatic N) is 4. The topological polar surface area (TPSA) is 51.6 Å². The Labute approximate surface area is 40.6 Å². The highest BCUT2D eigenvalue weighted by atomic mass is 15.4. The molecule has 4 nitrogen and oxygen atoms in total. The largest absolute Gasteiger partial charge is 0.140 e. The Morgan fingerprint density at radius 3 is 2.57 bits per heavy atom. The molecule has 0 saturated heterocycles. The van der Waals surface area contributed by atoms with Gasteiger partial charge < -0.3 is 0 Å². The highest BCUT2D eigenvalue weighted by Gasteiger charge is 1.79. The first-order chi connectivity index (χ1) is 3.39. The van der Waals surface area contributed by atoms with E-state index in [9.17, 15) is 0 Å². The summed E-state index contributed by atoms with van der Waals surface area (Å²) in [5.74, 6) is 0. The van der Waals surface area contributed by atoms with Gasteiger partial charge in [-0.05, 0) is 17.4 Å². The van der Waals surface area contributed by atoms with E-state index in [0.29, 0.717) is 5.69 Å². The van der Waals surface area contributed by atoms with E-state index >= 15 is 0 Å². The van der Waals surface area contributed by atoms with Crippen molar-refractivity contribution in [1.29, 1.82) is 0 Å². The summed E-state index contributed by atoms with van der Waals surface area (Å²) < 4.78 is 0. The normalized spacial score (nSPS) is 8.71. The fourth-order valence-electron chi connectivity index (χ4n) is 0.224. The van der Waals surface area contributed by atoms with Crippen molar-refractivity contribution in [2.75, 3.05) is 0 Å². The van der Waals surface area contributed by atoms with Crippen LogP contribution in [0, 0.1) is 13.1 Å². The minimum atomic E-state index is 0.662. The molecule has 0 aliphatic rings. The summed E-state index contributed by atoms with van der Waals surface area (Å²) in [5.41, 5.74) is 0.662. The third-order valence-corrected chi connectivity index (χ3v) is 0.491. The zero-order chi connectivity index (χ0) is 5.11. The van der Waals surface area contributed by atoms with Crippen LogP contribution in [0.4, 0.5) is 0 Å². The van der Waals surface area contributed by atoms with Crippen molar-refractivity contribution in [2.24, 2.45) is 0 Å². The molecule has 0 amide bonds.